The molecule has 2 unspecified atom stereocenters. The molecule has 0 saturated carbocycles. The van der Waals surface area contributed by atoms with Crippen LogP contribution in [0.4, 0.5) is 0 Å². The first-order chi connectivity index (χ1) is 7.96. The molecule has 0 aliphatic rings. The highest BCUT2D eigenvalue weighted by Gasteiger charge is 2.24. The number of primary amides is 1. The molecule has 0 saturated heterocycles. The SMILES string of the molecule is CCC(NC(CC(N)=O)C(=O)O)N(CC)CC. The van der Waals surface area contributed by atoms with Crippen LogP contribution < -0.4 is 11.1 Å². The van der Waals surface area contributed by atoms with Gasteiger partial charge in [-0.3, -0.25) is 19.8 Å². The normalized spacial score (nSPS) is 14.6. The Kier molecular flexibility index (Phi) is 7.49. The third kappa shape index (κ3) is 5.65. The summed E-state index contributed by atoms with van der Waals surface area (Å²) in [7, 11) is 0. The summed E-state index contributed by atoms with van der Waals surface area (Å²) in [6, 6.07) is -0.918. The van der Waals surface area contributed by atoms with Gasteiger partial charge in [0.05, 0.1) is 12.6 Å². The molecule has 0 aliphatic heterocycles. The van der Waals surface area contributed by atoms with Crippen LogP contribution in [0.5, 0.6) is 0 Å². The van der Waals surface area contributed by atoms with Crippen molar-refractivity contribution in [1.29, 1.82) is 0 Å². The van der Waals surface area contributed by atoms with Gasteiger partial charge in [0.1, 0.15) is 6.04 Å². The molecule has 17 heavy (non-hydrogen) atoms. The molecule has 0 heterocycles. The Balaban J connectivity index is 4.58. The van der Waals surface area contributed by atoms with Gasteiger partial charge in [0.15, 0.2) is 0 Å². The van der Waals surface area contributed by atoms with Crippen molar-refractivity contribution < 1.29 is 14.7 Å². The van der Waals surface area contributed by atoms with E-state index >= 15 is 0 Å². The van der Waals surface area contributed by atoms with Gasteiger partial charge >= 0.3 is 5.97 Å². The minimum absolute atomic E-state index is 0.0505. The second-order valence-corrected chi connectivity index (χ2v) is 3.87. The topological polar surface area (TPSA) is 95.7 Å². The summed E-state index contributed by atoms with van der Waals surface area (Å²) >= 11 is 0. The molecule has 0 aromatic rings. The van der Waals surface area contributed by atoms with E-state index in [1.165, 1.54) is 0 Å². The number of aliphatic carboxylic acids is 1. The number of carbonyl (C=O) groups excluding carboxylic acids is 1. The number of nitrogens with one attached hydrogen (secondary N) is 1. The molecule has 6 nitrogen and oxygen atoms in total. The van der Waals surface area contributed by atoms with E-state index < -0.39 is 17.9 Å². The lowest BCUT2D eigenvalue weighted by atomic mass is 10.1. The van der Waals surface area contributed by atoms with Crippen LogP contribution in [0.3, 0.4) is 0 Å². The molecule has 0 rings (SSSR count). The highest BCUT2D eigenvalue weighted by molar-refractivity contribution is 5.83. The molecule has 4 N–H and O–H groups in total. The lowest BCUT2D eigenvalue weighted by molar-refractivity contribution is -0.142. The first-order valence-electron chi connectivity index (χ1n) is 5.97. The number of carbonyl (C=O) groups is 2. The van der Waals surface area contributed by atoms with Gasteiger partial charge in [-0.15, -0.1) is 0 Å². The van der Waals surface area contributed by atoms with Crippen LogP contribution in [0.25, 0.3) is 0 Å². The van der Waals surface area contributed by atoms with E-state index in [0.717, 1.165) is 19.5 Å². The Labute approximate surface area is 102 Å². The zero-order chi connectivity index (χ0) is 13.4. The Hall–Kier alpha value is -1.14. The molecule has 0 aromatic heterocycles. The lowest BCUT2D eigenvalue weighted by Crippen LogP contribution is -2.52. The van der Waals surface area contributed by atoms with Crippen molar-refractivity contribution in [2.45, 2.75) is 45.8 Å². The molecule has 6 heteroatoms. The van der Waals surface area contributed by atoms with Gasteiger partial charge in [0.2, 0.25) is 5.91 Å². The molecule has 0 spiro atoms. The zero-order valence-electron chi connectivity index (χ0n) is 10.8. The van der Waals surface area contributed by atoms with Crippen LogP contribution in [0.1, 0.15) is 33.6 Å². The predicted molar refractivity (Wildman–Crippen MR) is 65.4 cm³/mol. The van der Waals surface area contributed by atoms with Gasteiger partial charge in [0.25, 0.3) is 0 Å². The van der Waals surface area contributed by atoms with Crippen molar-refractivity contribution in [3.05, 3.63) is 0 Å². The number of hydrogen-bond acceptors (Lipinski definition) is 4. The molecule has 0 bridgehead atoms. The number of rotatable bonds is 9. The van der Waals surface area contributed by atoms with Crippen molar-refractivity contribution in [3.63, 3.8) is 0 Å². The number of hydrogen-bond donors (Lipinski definition) is 3. The predicted octanol–water partition coefficient (Wildman–Crippen LogP) is -0.0175. The summed E-state index contributed by atoms with van der Waals surface area (Å²) in [5.41, 5.74) is 5.03. The fraction of sp³-hybridized carbons (Fsp3) is 0.818. The number of amides is 1. The Morgan fingerprint density at radius 1 is 1.29 bits per heavy atom. The number of nitrogens with two attached hydrogens (primary N) is 1. The van der Waals surface area contributed by atoms with Gasteiger partial charge in [-0.05, 0) is 19.5 Å². The van der Waals surface area contributed by atoms with Gasteiger partial charge in [-0.1, -0.05) is 20.8 Å². The maximum absolute atomic E-state index is 11.0. The largest absolute Gasteiger partial charge is 0.480 e. The van der Waals surface area contributed by atoms with Crippen molar-refractivity contribution >= 4 is 11.9 Å². The van der Waals surface area contributed by atoms with Crippen LogP contribution in [0.2, 0.25) is 0 Å². The van der Waals surface area contributed by atoms with Crippen LogP contribution >= 0.6 is 0 Å². The third-order valence-electron chi connectivity index (χ3n) is 2.74. The van der Waals surface area contributed by atoms with Crippen molar-refractivity contribution in [2.24, 2.45) is 5.73 Å². The van der Waals surface area contributed by atoms with Crippen molar-refractivity contribution in [2.75, 3.05) is 13.1 Å². The highest BCUT2D eigenvalue weighted by Crippen LogP contribution is 2.04. The summed E-state index contributed by atoms with van der Waals surface area (Å²) in [5.74, 6) is -1.66. The maximum Gasteiger partial charge on any atom is 0.321 e. The van der Waals surface area contributed by atoms with Gasteiger partial charge in [-0.2, -0.15) is 0 Å². The van der Waals surface area contributed by atoms with Crippen LogP contribution in [0.15, 0.2) is 0 Å². The molecule has 2 atom stereocenters. The van der Waals surface area contributed by atoms with Gasteiger partial charge in [0, 0.05) is 0 Å². The smallest absolute Gasteiger partial charge is 0.321 e. The average Bonchev–Trinajstić information content (AvgIpc) is 2.26. The average molecular weight is 245 g/mol. The Morgan fingerprint density at radius 3 is 2.12 bits per heavy atom. The highest BCUT2D eigenvalue weighted by atomic mass is 16.4. The fourth-order valence-electron chi connectivity index (χ4n) is 1.80. The van der Waals surface area contributed by atoms with Gasteiger partial charge < -0.3 is 10.8 Å². The van der Waals surface area contributed by atoms with Crippen molar-refractivity contribution in [1.82, 2.24) is 10.2 Å². The van der Waals surface area contributed by atoms with E-state index in [2.05, 4.69) is 10.2 Å². The van der Waals surface area contributed by atoms with Crippen LogP contribution in [-0.2, 0) is 9.59 Å². The first kappa shape index (κ1) is 15.9. The Bertz CT molecular complexity index is 254. The molecule has 0 fully saturated rings. The molecule has 0 radical (unpaired) electrons. The van der Waals surface area contributed by atoms with E-state index in [1.54, 1.807) is 0 Å². The zero-order valence-corrected chi connectivity index (χ0v) is 10.8. The fourth-order valence-corrected chi connectivity index (χ4v) is 1.80. The minimum Gasteiger partial charge on any atom is -0.480 e. The molecular formula is C11H23N3O3. The second kappa shape index (κ2) is 8.03. The standard InChI is InChI=1S/C11H23N3O3/c1-4-10(14(5-2)6-3)13-8(11(16)17)7-9(12)15/h8,10,13H,4-7H2,1-3H3,(H2,12,15)(H,16,17). The second-order valence-electron chi connectivity index (χ2n) is 3.87. The molecule has 100 valence electrons. The maximum atomic E-state index is 11.0. The minimum atomic E-state index is -1.05. The van der Waals surface area contributed by atoms with Crippen LogP contribution in [0, 0.1) is 0 Å². The van der Waals surface area contributed by atoms with Gasteiger partial charge in [-0.25, -0.2) is 0 Å². The molecule has 1 amide bonds. The Morgan fingerprint density at radius 2 is 1.82 bits per heavy atom. The molecular weight excluding hydrogens is 222 g/mol. The first-order valence-corrected chi connectivity index (χ1v) is 5.97. The summed E-state index contributed by atoms with van der Waals surface area (Å²) in [6.07, 6.45) is 0.530. The van der Waals surface area contributed by atoms with E-state index in [9.17, 15) is 9.59 Å². The summed E-state index contributed by atoms with van der Waals surface area (Å²) in [4.78, 5) is 23.9. The van der Waals surface area contributed by atoms with E-state index in [0.29, 0.717) is 0 Å². The molecule has 0 aromatic carbocycles. The quantitative estimate of drug-likeness (QED) is 0.496. The summed E-state index contributed by atoms with van der Waals surface area (Å²) in [6.45, 7) is 7.64. The monoisotopic (exact) mass is 245 g/mol. The van der Waals surface area contributed by atoms with E-state index in [1.807, 2.05) is 20.8 Å². The lowest BCUT2D eigenvalue weighted by Gasteiger charge is -2.31. The van der Waals surface area contributed by atoms with Crippen molar-refractivity contribution in [3.8, 4) is 0 Å². The number of carboxylic acids is 1. The number of carboxylic acid groups (broad SMARTS) is 1. The van der Waals surface area contributed by atoms with E-state index in [4.69, 9.17) is 10.8 Å². The third-order valence-corrected chi connectivity index (χ3v) is 2.74. The van der Waals surface area contributed by atoms with E-state index in [-0.39, 0.29) is 12.6 Å². The van der Waals surface area contributed by atoms with Crippen LogP contribution in [-0.4, -0.2) is 47.2 Å². The number of nitrogens with zero attached hydrogens (tertiary/aromatic N) is 1. The summed E-state index contributed by atoms with van der Waals surface area (Å²) in [5, 5.41) is 12.0. The molecule has 0 aliphatic carbocycles. The summed E-state index contributed by atoms with van der Waals surface area (Å²) < 4.78 is 0.